The third-order valence-corrected chi connectivity index (χ3v) is 4.92. The van der Waals surface area contributed by atoms with Crippen molar-refractivity contribution in [1.29, 1.82) is 0 Å². The maximum Gasteiger partial charge on any atom is 0.317 e. The maximum absolute atomic E-state index is 11.2. The van der Waals surface area contributed by atoms with Gasteiger partial charge in [0.2, 0.25) is 0 Å². The molecule has 10 heteroatoms. The molecule has 1 fully saturated rings. The summed E-state index contributed by atoms with van der Waals surface area (Å²) in [6.07, 6.45) is 1.48. The molecular formula is C18H33N3O7. The summed E-state index contributed by atoms with van der Waals surface area (Å²) < 4.78 is 0. The minimum absolute atomic E-state index is 0.118. The summed E-state index contributed by atoms with van der Waals surface area (Å²) in [5.41, 5.74) is 0. The number of hydrogen-bond donors (Lipinski definition) is 4. The van der Waals surface area contributed by atoms with Gasteiger partial charge in [-0.3, -0.25) is 29.1 Å². The van der Waals surface area contributed by atoms with Crippen LogP contribution in [-0.4, -0.2) is 118 Å². The van der Waals surface area contributed by atoms with Crippen LogP contribution in [0.15, 0.2) is 0 Å². The van der Waals surface area contributed by atoms with Gasteiger partial charge in [0.25, 0.3) is 0 Å². The highest BCUT2D eigenvalue weighted by atomic mass is 16.4. The van der Waals surface area contributed by atoms with E-state index in [1.54, 1.807) is 21.6 Å². The lowest BCUT2D eigenvalue weighted by molar-refractivity contribution is -0.140. The van der Waals surface area contributed by atoms with Gasteiger partial charge in [-0.2, -0.15) is 0 Å². The molecule has 1 heterocycles. The van der Waals surface area contributed by atoms with E-state index in [1.165, 1.54) is 0 Å². The average Bonchev–Trinajstić information content (AvgIpc) is 2.55. The lowest BCUT2D eigenvalue weighted by Gasteiger charge is -2.31. The summed E-state index contributed by atoms with van der Waals surface area (Å²) in [5.74, 6) is -2.69. The van der Waals surface area contributed by atoms with Crippen molar-refractivity contribution in [2.45, 2.75) is 32.3 Å². The van der Waals surface area contributed by atoms with Crippen LogP contribution in [0.1, 0.15) is 26.2 Å². The summed E-state index contributed by atoms with van der Waals surface area (Å²) in [7, 11) is 0. The molecule has 1 aliphatic heterocycles. The Morgan fingerprint density at radius 1 is 0.750 bits per heavy atom. The molecule has 0 aromatic heterocycles. The molecule has 1 rings (SSSR count). The van der Waals surface area contributed by atoms with Gasteiger partial charge in [0.05, 0.1) is 25.7 Å². The number of rotatable bonds is 8. The zero-order valence-electron chi connectivity index (χ0n) is 16.5. The quantitative estimate of drug-likeness (QED) is 0.412. The van der Waals surface area contributed by atoms with E-state index in [0.29, 0.717) is 58.5 Å². The van der Waals surface area contributed by atoms with Crippen LogP contribution in [0.5, 0.6) is 0 Å². The van der Waals surface area contributed by atoms with E-state index in [0.717, 1.165) is 0 Å². The Kier molecular flexibility index (Phi) is 11.0. The summed E-state index contributed by atoms with van der Waals surface area (Å²) in [6, 6.07) is 0. The van der Waals surface area contributed by atoms with Crippen molar-refractivity contribution >= 4 is 17.9 Å². The van der Waals surface area contributed by atoms with E-state index in [9.17, 15) is 19.5 Å². The topological polar surface area (TPSA) is 142 Å². The van der Waals surface area contributed by atoms with Gasteiger partial charge in [0.15, 0.2) is 0 Å². The molecule has 0 bridgehead atoms. The van der Waals surface area contributed by atoms with Crippen LogP contribution >= 0.6 is 0 Å². The summed E-state index contributed by atoms with van der Waals surface area (Å²) in [6.45, 7) is 3.98. The predicted octanol–water partition coefficient (Wildman–Crippen LogP) is -0.673. The molecule has 1 aliphatic rings. The average molecular weight is 403 g/mol. The minimum Gasteiger partial charge on any atom is -0.480 e. The zero-order valence-corrected chi connectivity index (χ0v) is 16.5. The van der Waals surface area contributed by atoms with Gasteiger partial charge >= 0.3 is 17.9 Å². The Labute approximate surface area is 165 Å². The molecule has 0 aliphatic carbocycles. The molecule has 1 saturated heterocycles. The smallest absolute Gasteiger partial charge is 0.317 e. The normalized spacial score (nSPS) is 20.8. The van der Waals surface area contributed by atoms with Gasteiger partial charge in [-0.25, -0.2) is 0 Å². The number of carboxylic acids is 3. The van der Waals surface area contributed by atoms with Gasteiger partial charge in [-0.15, -0.1) is 0 Å². The van der Waals surface area contributed by atoms with Crippen molar-refractivity contribution in [2.75, 3.05) is 58.9 Å². The van der Waals surface area contributed by atoms with Gasteiger partial charge in [-0.1, -0.05) is 0 Å². The summed E-state index contributed by atoms with van der Waals surface area (Å²) in [4.78, 5) is 38.7. The largest absolute Gasteiger partial charge is 0.480 e. The number of carboxylic acid groups (broad SMARTS) is 3. The fourth-order valence-corrected chi connectivity index (χ4v) is 3.54. The number of nitrogens with zero attached hydrogens (tertiary/aromatic N) is 3. The van der Waals surface area contributed by atoms with Crippen LogP contribution in [0.3, 0.4) is 0 Å². The van der Waals surface area contributed by atoms with Gasteiger partial charge in [0, 0.05) is 26.2 Å². The molecule has 1 unspecified atom stereocenters. The molecule has 1 atom stereocenters. The lowest BCUT2D eigenvalue weighted by atomic mass is 9.94. The minimum atomic E-state index is -0.973. The molecular weight excluding hydrogens is 370 g/mol. The first-order chi connectivity index (χ1) is 13.2. The fourth-order valence-electron chi connectivity index (χ4n) is 3.54. The predicted molar refractivity (Wildman–Crippen MR) is 101 cm³/mol. The second-order valence-corrected chi connectivity index (χ2v) is 7.54. The number of aliphatic carboxylic acids is 3. The monoisotopic (exact) mass is 403 g/mol. The molecule has 0 spiro atoms. The van der Waals surface area contributed by atoms with Crippen LogP contribution in [0, 0.1) is 5.92 Å². The van der Waals surface area contributed by atoms with Crippen molar-refractivity contribution < 1.29 is 34.8 Å². The van der Waals surface area contributed by atoms with Crippen molar-refractivity contribution in [1.82, 2.24) is 14.7 Å². The Morgan fingerprint density at radius 2 is 1.07 bits per heavy atom. The number of aliphatic hydroxyl groups is 1. The first-order valence-electron chi connectivity index (χ1n) is 9.66. The van der Waals surface area contributed by atoms with Crippen LogP contribution in [-0.2, 0) is 14.4 Å². The third-order valence-electron chi connectivity index (χ3n) is 4.92. The van der Waals surface area contributed by atoms with E-state index in [4.69, 9.17) is 15.3 Å². The van der Waals surface area contributed by atoms with Crippen molar-refractivity contribution in [2.24, 2.45) is 5.92 Å². The van der Waals surface area contributed by atoms with E-state index < -0.39 is 24.0 Å². The van der Waals surface area contributed by atoms with E-state index in [1.807, 2.05) is 0 Å². The Bertz CT molecular complexity index is 483. The third kappa shape index (κ3) is 11.2. The highest BCUT2D eigenvalue weighted by Crippen LogP contribution is 2.18. The first-order valence-corrected chi connectivity index (χ1v) is 9.66. The van der Waals surface area contributed by atoms with E-state index in [2.05, 4.69) is 0 Å². The number of hydrogen-bond acceptors (Lipinski definition) is 7. The highest BCUT2D eigenvalue weighted by molar-refractivity contribution is 5.69. The van der Waals surface area contributed by atoms with Crippen molar-refractivity contribution in [3.05, 3.63) is 0 Å². The van der Waals surface area contributed by atoms with E-state index in [-0.39, 0.29) is 25.6 Å². The van der Waals surface area contributed by atoms with Gasteiger partial charge in [-0.05, 0) is 45.2 Å². The summed E-state index contributed by atoms with van der Waals surface area (Å²) >= 11 is 0. The Hall–Kier alpha value is -1.75. The second kappa shape index (κ2) is 12.7. The molecule has 0 saturated carbocycles. The van der Waals surface area contributed by atoms with Crippen LogP contribution in [0.2, 0.25) is 0 Å². The summed E-state index contributed by atoms with van der Waals surface area (Å²) in [5, 5.41) is 37.2. The lowest BCUT2D eigenvalue weighted by Crippen LogP contribution is -2.45. The molecule has 28 heavy (non-hydrogen) atoms. The molecule has 0 radical (unpaired) electrons. The molecule has 0 aromatic carbocycles. The first kappa shape index (κ1) is 24.3. The second-order valence-electron chi connectivity index (χ2n) is 7.54. The number of aliphatic hydroxyl groups excluding tert-OH is 1. The molecule has 10 nitrogen and oxygen atoms in total. The van der Waals surface area contributed by atoms with E-state index >= 15 is 0 Å². The Balaban J connectivity index is 2.89. The zero-order chi connectivity index (χ0) is 21.1. The molecule has 4 N–H and O–H groups in total. The SMILES string of the molecule is CC(O)CC1CCN(CC(=O)O)CCN(CC(=O)O)CCN(CC(=O)O)CC1. The van der Waals surface area contributed by atoms with Gasteiger partial charge < -0.3 is 20.4 Å². The van der Waals surface area contributed by atoms with Crippen molar-refractivity contribution in [3.8, 4) is 0 Å². The molecule has 0 aromatic rings. The highest BCUT2D eigenvalue weighted by Gasteiger charge is 2.21. The molecule has 162 valence electrons. The fraction of sp³-hybridized carbons (Fsp3) is 0.833. The van der Waals surface area contributed by atoms with Crippen LogP contribution in [0.4, 0.5) is 0 Å². The van der Waals surface area contributed by atoms with Crippen LogP contribution < -0.4 is 0 Å². The maximum atomic E-state index is 11.2. The number of carbonyl (C=O) groups is 3. The van der Waals surface area contributed by atoms with Crippen LogP contribution in [0.25, 0.3) is 0 Å². The van der Waals surface area contributed by atoms with Crippen molar-refractivity contribution in [3.63, 3.8) is 0 Å². The molecule has 0 amide bonds. The van der Waals surface area contributed by atoms with Gasteiger partial charge in [0.1, 0.15) is 0 Å². The standard InChI is InChI=1S/C18H33N3O7/c1-14(22)10-15-2-4-19(11-16(23)24)6-8-21(13-18(27)28)9-7-20(5-3-15)12-17(25)26/h14-15,22H,2-13H2,1H3,(H,23,24)(H,25,26)(H,27,28). The Morgan fingerprint density at radius 3 is 1.36 bits per heavy atom.